The second kappa shape index (κ2) is 8.96. The first-order valence-electron chi connectivity index (χ1n) is 6.41. The molecule has 0 spiro atoms. The molecule has 6 nitrogen and oxygen atoms in total. The van der Waals surface area contributed by atoms with Crippen molar-refractivity contribution in [3.63, 3.8) is 0 Å². The molecule has 0 saturated carbocycles. The molecule has 0 aromatic heterocycles. The summed E-state index contributed by atoms with van der Waals surface area (Å²) in [5.41, 5.74) is 1.71. The number of hydrogen-bond donors (Lipinski definition) is 2. The van der Waals surface area contributed by atoms with Crippen molar-refractivity contribution in [1.29, 1.82) is 0 Å². The molecule has 116 valence electrons. The van der Waals surface area contributed by atoms with Gasteiger partial charge in [-0.15, -0.1) is 0 Å². The molecule has 0 aliphatic carbocycles. The van der Waals surface area contributed by atoms with Gasteiger partial charge in [0.05, 0.1) is 19.7 Å². The van der Waals surface area contributed by atoms with Crippen molar-refractivity contribution in [3.05, 3.63) is 27.3 Å². The molecule has 1 rings (SSSR count). The summed E-state index contributed by atoms with van der Waals surface area (Å²) in [5.74, 6) is -1.21. The molecule has 21 heavy (non-hydrogen) atoms. The van der Waals surface area contributed by atoms with E-state index >= 15 is 0 Å². The number of aryl methyl sites for hydroxylation is 1. The van der Waals surface area contributed by atoms with Gasteiger partial charge in [0.15, 0.2) is 0 Å². The van der Waals surface area contributed by atoms with Gasteiger partial charge in [0.2, 0.25) is 5.91 Å². The number of carboxylic acids is 1. The molecule has 1 amide bonds. The molecule has 1 aromatic rings. The highest BCUT2D eigenvalue weighted by molar-refractivity contribution is 14.1. The molecule has 0 fully saturated rings. The Balaban J connectivity index is 2.61. The molecule has 2 N–H and O–H groups in total. The summed E-state index contributed by atoms with van der Waals surface area (Å²) in [6, 6.07) is 5.71. The molecule has 0 aliphatic heterocycles. The third-order valence-corrected chi connectivity index (χ3v) is 3.47. The molecule has 0 unspecified atom stereocenters. The predicted octanol–water partition coefficient (Wildman–Crippen LogP) is 1.57. The molecular weight excluding hydrogens is 387 g/mol. The number of nitrogens with one attached hydrogen (secondary N) is 1. The minimum absolute atomic E-state index is 0.0150. The van der Waals surface area contributed by atoms with Crippen molar-refractivity contribution in [3.8, 4) is 0 Å². The number of anilines is 1. The van der Waals surface area contributed by atoms with Gasteiger partial charge in [0, 0.05) is 22.9 Å². The van der Waals surface area contributed by atoms with Crippen LogP contribution in [0.3, 0.4) is 0 Å². The Labute approximate surface area is 137 Å². The monoisotopic (exact) mass is 406 g/mol. The number of carbonyl (C=O) groups excluding carboxylic acids is 1. The zero-order valence-electron chi connectivity index (χ0n) is 12.1. The summed E-state index contributed by atoms with van der Waals surface area (Å²) in [7, 11) is 1.54. The van der Waals surface area contributed by atoms with Crippen LogP contribution in [-0.4, -0.2) is 55.2 Å². The van der Waals surface area contributed by atoms with E-state index in [0.29, 0.717) is 13.2 Å². The second-order valence-electron chi connectivity index (χ2n) is 4.60. The minimum Gasteiger partial charge on any atom is -0.480 e. The molecule has 0 radical (unpaired) electrons. The molecule has 0 atom stereocenters. The number of carboxylic acid groups (broad SMARTS) is 1. The van der Waals surface area contributed by atoms with Crippen LogP contribution in [0.5, 0.6) is 0 Å². The smallest absolute Gasteiger partial charge is 0.317 e. The zero-order valence-corrected chi connectivity index (χ0v) is 14.2. The van der Waals surface area contributed by atoms with Crippen LogP contribution < -0.4 is 5.32 Å². The summed E-state index contributed by atoms with van der Waals surface area (Å²) in [6.45, 7) is 2.51. The quantitative estimate of drug-likeness (QED) is 0.641. The maximum atomic E-state index is 12.0. The highest BCUT2D eigenvalue weighted by Crippen LogP contribution is 2.17. The number of nitrogens with zero attached hydrogens (tertiary/aromatic N) is 1. The van der Waals surface area contributed by atoms with E-state index in [0.717, 1.165) is 14.8 Å². The SMILES string of the molecule is COCCN(CC(=O)O)CC(=O)Nc1ccc(I)cc1C. The lowest BCUT2D eigenvalue weighted by Crippen LogP contribution is -2.38. The molecule has 0 aliphatic rings. The van der Waals surface area contributed by atoms with Gasteiger partial charge in [-0.2, -0.15) is 0 Å². The van der Waals surface area contributed by atoms with Crippen molar-refractivity contribution in [2.24, 2.45) is 0 Å². The predicted molar refractivity (Wildman–Crippen MR) is 88.5 cm³/mol. The summed E-state index contributed by atoms with van der Waals surface area (Å²) in [4.78, 5) is 24.3. The Hall–Kier alpha value is -1.19. The van der Waals surface area contributed by atoms with Gasteiger partial charge in [-0.25, -0.2) is 0 Å². The zero-order chi connectivity index (χ0) is 15.8. The van der Waals surface area contributed by atoms with Crippen LogP contribution in [0.25, 0.3) is 0 Å². The molecule has 7 heteroatoms. The van der Waals surface area contributed by atoms with Crippen LogP contribution in [0.4, 0.5) is 5.69 Å². The van der Waals surface area contributed by atoms with E-state index in [1.807, 2.05) is 25.1 Å². The van der Waals surface area contributed by atoms with Crippen LogP contribution in [0.15, 0.2) is 18.2 Å². The number of rotatable bonds is 8. The summed E-state index contributed by atoms with van der Waals surface area (Å²) in [5, 5.41) is 11.6. The maximum Gasteiger partial charge on any atom is 0.317 e. The highest BCUT2D eigenvalue weighted by Gasteiger charge is 2.14. The Kier molecular flexibility index (Phi) is 7.62. The minimum atomic E-state index is -0.968. The largest absolute Gasteiger partial charge is 0.480 e. The van der Waals surface area contributed by atoms with Crippen LogP contribution in [-0.2, 0) is 14.3 Å². The van der Waals surface area contributed by atoms with Gasteiger partial charge in [0.25, 0.3) is 0 Å². The number of hydrogen-bond acceptors (Lipinski definition) is 4. The van der Waals surface area contributed by atoms with Crippen molar-refractivity contribution < 1.29 is 19.4 Å². The Morgan fingerprint density at radius 3 is 2.67 bits per heavy atom. The second-order valence-corrected chi connectivity index (χ2v) is 5.85. The average Bonchev–Trinajstić information content (AvgIpc) is 2.38. The van der Waals surface area contributed by atoms with Crippen molar-refractivity contribution in [2.45, 2.75) is 6.92 Å². The van der Waals surface area contributed by atoms with Gasteiger partial charge in [0.1, 0.15) is 0 Å². The number of carbonyl (C=O) groups is 2. The van der Waals surface area contributed by atoms with Crippen LogP contribution in [0.2, 0.25) is 0 Å². The Morgan fingerprint density at radius 1 is 1.38 bits per heavy atom. The fourth-order valence-electron chi connectivity index (χ4n) is 1.79. The number of halogens is 1. The number of amides is 1. The average molecular weight is 406 g/mol. The third kappa shape index (κ3) is 6.87. The normalized spacial score (nSPS) is 10.7. The lowest BCUT2D eigenvalue weighted by molar-refractivity contribution is -0.138. The number of benzene rings is 1. The Morgan fingerprint density at radius 2 is 2.10 bits per heavy atom. The first kappa shape index (κ1) is 17.9. The van der Waals surface area contributed by atoms with Crippen LogP contribution in [0.1, 0.15) is 5.56 Å². The topological polar surface area (TPSA) is 78.9 Å². The maximum absolute atomic E-state index is 12.0. The molecule has 0 bridgehead atoms. The van der Waals surface area contributed by atoms with E-state index in [1.54, 1.807) is 0 Å². The van der Waals surface area contributed by atoms with Crippen molar-refractivity contribution >= 4 is 40.2 Å². The fourth-order valence-corrected chi connectivity index (χ4v) is 2.43. The standard InChI is InChI=1S/C14H19IN2O4/c1-10-7-11(15)3-4-12(10)16-13(18)8-17(5-6-21-2)9-14(19)20/h3-4,7H,5-6,8-9H2,1-2H3,(H,16,18)(H,19,20). The lowest BCUT2D eigenvalue weighted by atomic mass is 10.2. The highest BCUT2D eigenvalue weighted by atomic mass is 127. The van der Waals surface area contributed by atoms with E-state index < -0.39 is 5.97 Å². The van der Waals surface area contributed by atoms with E-state index in [-0.39, 0.29) is 19.0 Å². The van der Waals surface area contributed by atoms with Gasteiger partial charge in [-0.3, -0.25) is 14.5 Å². The van der Waals surface area contributed by atoms with Crippen LogP contribution in [0, 0.1) is 10.5 Å². The summed E-state index contributed by atoms with van der Waals surface area (Å²) in [6.07, 6.45) is 0. The van der Waals surface area contributed by atoms with Crippen molar-refractivity contribution in [2.75, 3.05) is 38.7 Å². The number of aliphatic carboxylic acids is 1. The number of ether oxygens (including phenoxy) is 1. The van der Waals surface area contributed by atoms with E-state index in [2.05, 4.69) is 27.9 Å². The first-order valence-corrected chi connectivity index (χ1v) is 7.49. The van der Waals surface area contributed by atoms with Crippen molar-refractivity contribution in [1.82, 2.24) is 4.90 Å². The summed E-state index contributed by atoms with van der Waals surface area (Å²) >= 11 is 2.20. The van der Waals surface area contributed by atoms with Gasteiger partial charge < -0.3 is 15.2 Å². The van der Waals surface area contributed by atoms with Gasteiger partial charge in [-0.05, 0) is 53.3 Å². The van der Waals surface area contributed by atoms with Gasteiger partial charge in [-0.1, -0.05) is 0 Å². The first-order chi connectivity index (χ1) is 9.92. The molecular formula is C14H19IN2O4. The number of methoxy groups -OCH3 is 1. The van der Waals surface area contributed by atoms with Gasteiger partial charge >= 0.3 is 5.97 Å². The van der Waals surface area contributed by atoms with E-state index in [9.17, 15) is 9.59 Å². The molecule has 1 aromatic carbocycles. The fraction of sp³-hybridized carbons (Fsp3) is 0.429. The summed E-state index contributed by atoms with van der Waals surface area (Å²) < 4.78 is 6.01. The molecule has 0 heterocycles. The molecule has 0 saturated heterocycles. The van der Waals surface area contributed by atoms with Crippen LogP contribution >= 0.6 is 22.6 Å². The Bertz CT molecular complexity index is 508. The van der Waals surface area contributed by atoms with E-state index in [1.165, 1.54) is 12.0 Å². The lowest BCUT2D eigenvalue weighted by Gasteiger charge is -2.19. The third-order valence-electron chi connectivity index (χ3n) is 2.80. The van der Waals surface area contributed by atoms with E-state index in [4.69, 9.17) is 9.84 Å².